The number of carbonyl (C=O) groups excluding carboxylic acids is 1. The number of carbonyl (C=O) groups is 1. The van der Waals surface area contributed by atoms with E-state index < -0.39 is 0 Å². The van der Waals surface area contributed by atoms with E-state index in [-0.39, 0.29) is 19.1 Å². The lowest BCUT2D eigenvalue weighted by molar-refractivity contribution is 0.0945. The summed E-state index contributed by atoms with van der Waals surface area (Å²) >= 11 is 7.23. The fourth-order valence-corrected chi connectivity index (χ4v) is 2.45. The lowest BCUT2D eigenvalue weighted by Gasteiger charge is -2.06. The van der Waals surface area contributed by atoms with E-state index in [1.807, 2.05) is 12.1 Å². The van der Waals surface area contributed by atoms with E-state index >= 15 is 0 Å². The number of hydrogen-bond donors (Lipinski definition) is 3. The Balaban J connectivity index is 1.89. The predicted molar refractivity (Wildman–Crippen MR) is 80.3 cm³/mol. The van der Waals surface area contributed by atoms with Crippen LogP contribution in [-0.4, -0.2) is 29.1 Å². The van der Waals surface area contributed by atoms with Gasteiger partial charge in [-0.05, 0) is 24.3 Å². The maximum absolute atomic E-state index is 11.6. The number of benzene rings is 1. The Morgan fingerprint density at radius 1 is 1.35 bits per heavy atom. The van der Waals surface area contributed by atoms with Crippen LogP contribution in [0.4, 0.5) is 5.69 Å². The van der Waals surface area contributed by atoms with E-state index in [9.17, 15) is 4.79 Å². The number of nitrogens with zero attached hydrogens (tertiary/aromatic N) is 1. The number of amides is 1. The van der Waals surface area contributed by atoms with Crippen LogP contribution >= 0.6 is 22.9 Å². The number of halogens is 1. The van der Waals surface area contributed by atoms with Crippen LogP contribution < -0.4 is 10.6 Å². The Morgan fingerprint density at radius 2 is 2.10 bits per heavy atom. The second-order valence-electron chi connectivity index (χ2n) is 3.97. The van der Waals surface area contributed by atoms with Crippen molar-refractivity contribution in [2.24, 2.45) is 0 Å². The van der Waals surface area contributed by atoms with E-state index in [4.69, 9.17) is 16.7 Å². The number of aliphatic hydroxyl groups is 1. The molecule has 0 saturated heterocycles. The molecule has 0 spiro atoms. The quantitative estimate of drug-likeness (QED) is 0.764. The molecule has 2 rings (SSSR count). The Morgan fingerprint density at radius 3 is 2.70 bits per heavy atom. The van der Waals surface area contributed by atoms with Gasteiger partial charge in [-0.2, -0.15) is 0 Å². The van der Waals surface area contributed by atoms with Gasteiger partial charge in [0, 0.05) is 17.8 Å². The minimum atomic E-state index is -0.197. The first-order valence-electron chi connectivity index (χ1n) is 6.02. The normalized spacial score (nSPS) is 10.3. The second-order valence-corrected chi connectivity index (χ2v) is 5.72. The maximum atomic E-state index is 11.6. The molecular formula is C13H14ClN3O2S. The smallest absolute Gasteiger partial charge is 0.251 e. The van der Waals surface area contributed by atoms with Gasteiger partial charge in [0.2, 0.25) is 0 Å². The lowest BCUT2D eigenvalue weighted by Crippen LogP contribution is -2.26. The molecule has 106 valence electrons. The Hall–Kier alpha value is -1.63. The summed E-state index contributed by atoms with van der Waals surface area (Å²) in [6, 6.07) is 7.10. The molecule has 7 heteroatoms. The van der Waals surface area contributed by atoms with Crippen molar-refractivity contribution in [1.82, 2.24) is 10.3 Å². The zero-order valence-corrected chi connectivity index (χ0v) is 12.2. The fourth-order valence-electron chi connectivity index (χ4n) is 1.56. The zero-order valence-electron chi connectivity index (χ0n) is 10.6. The highest BCUT2D eigenvalue weighted by atomic mass is 35.5. The highest BCUT2D eigenvalue weighted by molar-refractivity contribution is 7.15. The largest absolute Gasteiger partial charge is 0.395 e. The van der Waals surface area contributed by atoms with E-state index in [1.54, 1.807) is 18.3 Å². The number of nitrogens with one attached hydrogen (secondary N) is 2. The highest BCUT2D eigenvalue weighted by Crippen LogP contribution is 2.19. The van der Waals surface area contributed by atoms with E-state index in [0.29, 0.717) is 16.4 Å². The van der Waals surface area contributed by atoms with Crippen molar-refractivity contribution in [2.45, 2.75) is 6.54 Å². The Kier molecular flexibility index (Phi) is 5.34. The van der Waals surface area contributed by atoms with Gasteiger partial charge < -0.3 is 15.7 Å². The fraction of sp³-hybridized carbons (Fsp3) is 0.231. The third-order valence-corrected chi connectivity index (χ3v) is 3.63. The molecule has 0 radical (unpaired) electrons. The summed E-state index contributed by atoms with van der Waals surface area (Å²) in [5, 5.41) is 15.3. The van der Waals surface area contributed by atoms with Gasteiger partial charge in [0.1, 0.15) is 9.34 Å². The van der Waals surface area contributed by atoms with Crippen molar-refractivity contribution >= 4 is 34.5 Å². The van der Waals surface area contributed by atoms with Crippen molar-refractivity contribution in [1.29, 1.82) is 0 Å². The third kappa shape index (κ3) is 4.19. The molecule has 1 heterocycles. The Labute approximate surface area is 125 Å². The summed E-state index contributed by atoms with van der Waals surface area (Å²) in [6.45, 7) is 0.777. The molecule has 1 amide bonds. The molecular weight excluding hydrogens is 298 g/mol. The number of anilines is 1. The molecule has 0 aliphatic carbocycles. The van der Waals surface area contributed by atoms with Crippen LogP contribution in [0.2, 0.25) is 4.34 Å². The highest BCUT2D eigenvalue weighted by Gasteiger charge is 2.04. The number of aliphatic hydroxyl groups excluding tert-OH is 1. The van der Waals surface area contributed by atoms with Crippen LogP contribution in [0.3, 0.4) is 0 Å². The van der Waals surface area contributed by atoms with E-state index in [1.165, 1.54) is 11.3 Å². The number of rotatable bonds is 6. The molecule has 0 saturated carbocycles. The van der Waals surface area contributed by atoms with Gasteiger partial charge in [-0.15, -0.1) is 11.3 Å². The van der Waals surface area contributed by atoms with Crippen LogP contribution in [0.15, 0.2) is 30.5 Å². The van der Waals surface area contributed by atoms with Gasteiger partial charge in [-0.3, -0.25) is 4.79 Å². The maximum Gasteiger partial charge on any atom is 0.251 e. The van der Waals surface area contributed by atoms with E-state index in [2.05, 4.69) is 15.6 Å². The van der Waals surface area contributed by atoms with Gasteiger partial charge in [0.05, 0.1) is 19.3 Å². The van der Waals surface area contributed by atoms with Crippen LogP contribution in [0.1, 0.15) is 15.4 Å². The summed E-state index contributed by atoms with van der Waals surface area (Å²) in [7, 11) is 0. The standard InChI is InChI=1S/C13H14ClN3O2S/c14-11-7-17-12(20-11)8-16-10-3-1-9(2-4-10)13(19)15-5-6-18/h1-4,7,16,18H,5-6,8H2,(H,15,19). The topological polar surface area (TPSA) is 74.2 Å². The number of aromatic nitrogens is 1. The van der Waals surface area contributed by atoms with Gasteiger partial charge in [-0.1, -0.05) is 11.6 Å². The molecule has 0 aliphatic heterocycles. The van der Waals surface area contributed by atoms with Crippen LogP contribution in [-0.2, 0) is 6.54 Å². The summed E-state index contributed by atoms with van der Waals surface area (Å²) in [5.74, 6) is -0.197. The second kappa shape index (κ2) is 7.23. The average Bonchev–Trinajstić information content (AvgIpc) is 2.89. The predicted octanol–water partition coefficient (Wildman–Crippen LogP) is 2.13. The molecule has 0 atom stereocenters. The number of hydrogen-bond acceptors (Lipinski definition) is 5. The van der Waals surface area contributed by atoms with Crippen molar-refractivity contribution in [3.8, 4) is 0 Å². The summed E-state index contributed by atoms with van der Waals surface area (Å²) in [6.07, 6.45) is 1.62. The van der Waals surface area contributed by atoms with Crippen molar-refractivity contribution < 1.29 is 9.90 Å². The minimum absolute atomic E-state index is 0.0677. The molecule has 0 bridgehead atoms. The van der Waals surface area contributed by atoms with Gasteiger partial charge >= 0.3 is 0 Å². The molecule has 0 aliphatic rings. The Bertz CT molecular complexity index is 571. The molecule has 20 heavy (non-hydrogen) atoms. The molecule has 5 nitrogen and oxygen atoms in total. The third-order valence-electron chi connectivity index (χ3n) is 2.51. The lowest BCUT2D eigenvalue weighted by atomic mass is 10.2. The van der Waals surface area contributed by atoms with Crippen LogP contribution in [0, 0.1) is 0 Å². The van der Waals surface area contributed by atoms with E-state index in [0.717, 1.165) is 10.7 Å². The van der Waals surface area contributed by atoms with Crippen LogP contribution in [0.5, 0.6) is 0 Å². The SMILES string of the molecule is O=C(NCCO)c1ccc(NCc2ncc(Cl)s2)cc1. The van der Waals surface area contributed by atoms with Gasteiger partial charge in [0.25, 0.3) is 5.91 Å². The van der Waals surface area contributed by atoms with Crippen molar-refractivity contribution in [2.75, 3.05) is 18.5 Å². The van der Waals surface area contributed by atoms with Gasteiger partial charge in [0.15, 0.2) is 0 Å². The molecule has 0 unspecified atom stereocenters. The molecule has 0 fully saturated rings. The average molecular weight is 312 g/mol. The summed E-state index contributed by atoms with van der Waals surface area (Å²) < 4.78 is 0.665. The molecule has 2 aromatic rings. The van der Waals surface area contributed by atoms with Crippen LogP contribution in [0.25, 0.3) is 0 Å². The first-order valence-corrected chi connectivity index (χ1v) is 7.21. The number of thiazole rings is 1. The minimum Gasteiger partial charge on any atom is -0.395 e. The first-order chi connectivity index (χ1) is 9.69. The van der Waals surface area contributed by atoms with Crippen molar-refractivity contribution in [3.63, 3.8) is 0 Å². The summed E-state index contributed by atoms with van der Waals surface area (Å²) in [4.78, 5) is 15.8. The molecule has 3 N–H and O–H groups in total. The molecule has 1 aromatic carbocycles. The first kappa shape index (κ1) is 14.8. The molecule has 1 aromatic heterocycles. The summed E-state index contributed by atoms with van der Waals surface area (Å²) in [5.41, 5.74) is 1.45. The van der Waals surface area contributed by atoms with Gasteiger partial charge in [-0.25, -0.2) is 4.98 Å². The van der Waals surface area contributed by atoms with Crippen molar-refractivity contribution in [3.05, 3.63) is 45.4 Å². The monoisotopic (exact) mass is 311 g/mol. The zero-order chi connectivity index (χ0) is 14.4.